The van der Waals surface area contributed by atoms with Crippen LogP contribution in [0.3, 0.4) is 0 Å². The van der Waals surface area contributed by atoms with E-state index in [9.17, 15) is 4.39 Å². The Morgan fingerprint density at radius 2 is 2.21 bits per heavy atom. The Balaban J connectivity index is 2.83. The van der Waals surface area contributed by atoms with Gasteiger partial charge in [-0.2, -0.15) is 5.10 Å². The van der Waals surface area contributed by atoms with Gasteiger partial charge in [-0.25, -0.2) is 4.39 Å². The molecule has 2 rings (SSSR count). The van der Waals surface area contributed by atoms with Gasteiger partial charge in [-0.1, -0.05) is 6.92 Å². The fourth-order valence-corrected chi connectivity index (χ4v) is 1.47. The molecule has 2 N–H and O–H groups in total. The number of nitrogens with zero attached hydrogens (tertiary/aromatic N) is 2. The molecule has 0 unspecified atom stereocenters. The molecule has 0 spiro atoms. The smallest absolute Gasteiger partial charge is 0.156 e. The zero-order valence-electron chi connectivity index (χ0n) is 7.79. The maximum Gasteiger partial charge on any atom is 0.156 e. The number of aromatic nitrogens is 2. The molecule has 0 fully saturated rings. The van der Waals surface area contributed by atoms with Gasteiger partial charge in [-0.15, -0.1) is 5.10 Å². The van der Waals surface area contributed by atoms with Crippen molar-refractivity contribution in [2.75, 3.05) is 5.73 Å². The van der Waals surface area contributed by atoms with Crippen molar-refractivity contribution in [2.24, 2.45) is 0 Å². The SMILES string of the molecule is CCc1cc(F)c2c(N)nncc2c1. The Labute approximate surface area is 80.8 Å². The van der Waals surface area contributed by atoms with Crippen LogP contribution in [0.15, 0.2) is 18.3 Å². The van der Waals surface area contributed by atoms with Gasteiger partial charge in [0.15, 0.2) is 5.82 Å². The minimum Gasteiger partial charge on any atom is -0.382 e. The standard InChI is InChI=1S/C10H10FN3/c1-2-6-3-7-5-13-14-10(12)9(7)8(11)4-6/h3-5H,2H2,1H3,(H2,12,14). The quantitative estimate of drug-likeness (QED) is 0.749. The van der Waals surface area contributed by atoms with Crippen LogP contribution in [0.4, 0.5) is 10.2 Å². The highest BCUT2D eigenvalue weighted by Gasteiger charge is 2.07. The molecule has 14 heavy (non-hydrogen) atoms. The van der Waals surface area contributed by atoms with Gasteiger partial charge in [0.2, 0.25) is 0 Å². The van der Waals surface area contributed by atoms with E-state index in [-0.39, 0.29) is 11.6 Å². The van der Waals surface area contributed by atoms with Gasteiger partial charge in [-0.05, 0) is 24.1 Å². The van der Waals surface area contributed by atoms with E-state index in [0.29, 0.717) is 10.8 Å². The predicted octanol–water partition coefficient (Wildman–Crippen LogP) is 1.91. The van der Waals surface area contributed by atoms with Crippen molar-refractivity contribution in [1.82, 2.24) is 10.2 Å². The third-order valence-electron chi connectivity index (χ3n) is 2.21. The van der Waals surface area contributed by atoms with Crippen LogP contribution in [0.5, 0.6) is 0 Å². The molecule has 0 radical (unpaired) electrons. The van der Waals surface area contributed by atoms with E-state index in [1.807, 2.05) is 13.0 Å². The van der Waals surface area contributed by atoms with Crippen molar-refractivity contribution in [3.05, 3.63) is 29.7 Å². The van der Waals surface area contributed by atoms with E-state index in [1.54, 1.807) is 0 Å². The molecule has 0 bridgehead atoms. The van der Waals surface area contributed by atoms with Crippen molar-refractivity contribution in [3.8, 4) is 0 Å². The number of nitrogen functional groups attached to an aromatic ring is 1. The lowest BCUT2D eigenvalue weighted by Crippen LogP contribution is -1.97. The lowest BCUT2D eigenvalue weighted by atomic mass is 10.1. The number of benzene rings is 1. The monoisotopic (exact) mass is 191 g/mol. The molecule has 0 aliphatic rings. The summed E-state index contributed by atoms with van der Waals surface area (Å²) in [5.41, 5.74) is 6.47. The molecule has 3 nitrogen and oxygen atoms in total. The number of fused-ring (bicyclic) bond motifs is 1. The lowest BCUT2D eigenvalue weighted by Gasteiger charge is -2.03. The number of aryl methyl sites for hydroxylation is 1. The summed E-state index contributed by atoms with van der Waals surface area (Å²) in [6.45, 7) is 1.97. The van der Waals surface area contributed by atoms with Crippen molar-refractivity contribution < 1.29 is 4.39 Å². The molecule has 1 aromatic heterocycles. The van der Waals surface area contributed by atoms with Gasteiger partial charge in [0.25, 0.3) is 0 Å². The second-order valence-corrected chi connectivity index (χ2v) is 3.13. The highest BCUT2D eigenvalue weighted by molar-refractivity contribution is 5.90. The summed E-state index contributed by atoms with van der Waals surface area (Å²) in [6.07, 6.45) is 2.31. The molecule has 0 aliphatic carbocycles. The number of hydrogen-bond acceptors (Lipinski definition) is 3. The lowest BCUT2D eigenvalue weighted by molar-refractivity contribution is 0.637. The number of anilines is 1. The Hall–Kier alpha value is -1.71. The van der Waals surface area contributed by atoms with Gasteiger partial charge in [0, 0.05) is 5.39 Å². The van der Waals surface area contributed by atoms with Gasteiger partial charge in [0.05, 0.1) is 11.6 Å². The van der Waals surface area contributed by atoms with Crippen molar-refractivity contribution in [1.29, 1.82) is 0 Å². The van der Waals surface area contributed by atoms with Gasteiger partial charge < -0.3 is 5.73 Å². The molecule has 0 aliphatic heterocycles. The summed E-state index contributed by atoms with van der Waals surface area (Å²) < 4.78 is 13.5. The number of halogens is 1. The number of nitrogens with two attached hydrogens (primary N) is 1. The zero-order chi connectivity index (χ0) is 10.1. The molecule has 72 valence electrons. The summed E-state index contributed by atoms with van der Waals surface area (Å²) in [6, 6.07) is 3.36. The highest BCUT2D eigenvalue weighted by Crippen LogP contribution is 2.22. The van der Waals surface area contributed by atoms with E-state index >= 15 is 0 Å². The molecule has 0 amide bonds. The van der Waals surface area contributed by atoms with Crippen molar-refractivity contribution in [2.45, 2.75) is 13.3 Å². The first-order valence-electron chi connectivity index (χ1n) is 4.41. The summed E-state index contributed by atoms with van der Waals surface area (Å²) >= 11 is 0. The largest absolute Gasteiger partial charge is 0.382 e. The van der Waals surface area contributed by atoms with Gasteiger partial charge >= 0.3 is 0 Å². The van der Waals surface area contributed by atoms with Crippen LogP contribution < -0.4 is 5.73 Å². The fraction of sp³-hybridized carbons (Fsp3) is 0.200. The summed E-state index contributed by atoms with van der Waals surface area (Å²) in [4.78, 5) is 0. The topological polar surface area (TPSA) is 51.8 Å². The van der Waals surface area contributed by atoms with Crippen LogP contribution in [-0.4, -0.2) is 10.2 Å². The van der Waals surface area contributed by atoms with Crippen LogP contribution in [0.1, 0.15) is 12.5 Å². The third kappa shape index (κ3) is 1.28. The summed E-state index contributed by atoms with van der Waals surface area (Å²) in [7, 11) is 0. The van der Waals surface area contributed by atoms with E-state index in [2.05, 4.69) is 10.2 Å². The summed E-state index contributed by atoms with van der Waals surface area (Å²) in [5.74, 6) is -0.186. The Bertz CT molecular complexity index is 482. The Kier molecular flexibility index (Phi) is 2.04. The van der Waals surface area contributed by atoms with E-state index in [0.717, 1.165) is 12.0 Å². The van der Waals surface area contributed by atoms with Crippen LogP contribution in [0, 0.1) is 5.82 Å². The minimum atomic E-state index is -0.327. The molecule has 0 saturated heterocycles. The summed E-state index contributed by atoms with van der Waals surface area (Å²) in [5, 5.41) is 8.36. The molecule has 0 atom stereocenters. The van der Waals surface area contributed by atoms with Crippen LogP contribution >= 0.6 is 0 Å². The van der Waals surface area contributed by atoms with Crippen molar-refractivity contribution >= 4 is 16.6 Å². The van der Waals surface area contributed by atoms with Crippen LogP contribution in [0.25, 0.3) is 10.8 Å². The Morgan fingerprint density at radius 3 is 2.93 bits per heavy atom. The maximum atomic E-state index is 13.5. The second-order valence-electron chi connectivity index (χ2n) is 3.13. The van der Waals surface area contributed by atoms with Crippen LogP contribution in [0.2, 0.25) is 0 Å². The van der Waals surface area contributed by atoms with E-state index in [1.165, 1.54) is 12.3 Å². The highest BCUT2D eigenvalue weighted by atomic mass is 19.1. The third-order valence-corrected chi connectivity index (χ3v) is 2.21. The maximum absolute atomic E-state index is 13.5. The molecule has 0 saturated carbocycles. The average molecular weight is 191 g/mol. The molecular weight excluding hydrogens is 181 g/mol. The second kappa shape index (κ2) is 3.21. The Morgan fingerprint density at radius 1 is 1.43 bits per heavy atom. The first-order chi connectivity index (χ1) is 6.72. The zero-order valence-corrected chi connectivity index (χ0v) is 7.79. The predicted molar refractivity (Wildman–Crippen MR) is 53.3 cm³/mol. The van der Waals surface area contributed by atoms with Crippen molar-refractivity contribution in [3.63, 3.8) is 0 Å². The van der Waals surface area contributed by atoms with E-state index in [4.69, 9.17) is 5.73 Å². The van der Waals surface area contributed by atoms with Crippen LogP contribution in [-0.2, 0) is 6.42 Å². The van der Waals surface area contributed by atoms with E-state index < -0.39 is 0 Å². The fourth-order valence-electron chi connectivity index (χ4n) is 1.47. The van der Waals surface area contributed by atoms with Gasteiger partial charge in [-0.3, -0.25) is 0 Å². The number of rotatable bonds is 1. The molecule has 2 aromatic rings. The first-order valence-corrected chi connectivity index (χ1v) is 4.41. The molecule has 1 aromatic carbocycles. The first kappa shape index (κ1) is 8.87. The normalized spacial score (nSPS) is 10.7. The number of hydrogen-bond donors (Lipinski definition) is 1. The molecule has 1 heterocycles. The molecular formula is C10H10FN3. The minimum absolute atomic E-state index is 0.141. The molecule has 4 heteroatoms. The van der Waals surface area contributed by atoms with Gasteiger partial charge in [0.1, 0.15) is 5.82 Å². The average Bonchev–Trinajstić information content (AvgIpc) is 2.17.